The summed E-state index contributed by atoms with van der Waals surface area (Å²) in [5, 5.41) is 12.6. The van der Waals surface area contributed by atoms with Gasteiger partial charge in [-0.1, -0.05) is 11.6 Å². The van der Waals surface area contributed by atoms with Crippen LogP contribution < -0.4 is 11.1 Å². The molecule has 0 fully saturated rings. The van der Waals surface area contributed by atoms with Crippen LogP contribution in [0.4, 0.5) is 16.2 Å². The van der Waals surface area contributed by atoms with E-state index in [0.717, 1.165) is 6.07 Å². The average Bonchev–Trinajstić information content (AvgIpc) is 2.07. The SMILES string of the molecule is NC(=O)Nc1ccc(Cl)c([N+](=O)[O-])c1. The van der Waals surface area contributed by atoms with Gasteiger partial charge < -0.3 is 11.1 Å². The molecule has 0 aliphatic rings. The van der Waals surface area contributed by atoms with E-state index >= 15 is 0 Å². The number of primary amides is 1. The predicted octanol–water partition coefficient (Wildman–Crippen LogP) is 1.74. The minimum absolute atomic E-state index is 0.00465. The van der Waals surface area contributed by atoms with E-state index in [0.29, 0.717) is 0 Å². The van der Waals surface area contributed by atoms with E-state index in [1.54, 1.807) is 0 Å². The van der Waals surface area contributed by atoms with Gasteiger partial charge in [-0.05, 0) is 12.1 Å². The van der Waals surface area contributed by atoms with Crippen molar-refractivity contribution in [2.75, 3.05) is 5.32 Å². The lowest BCUT2D eigenvalue weighted by atomic mass is 10.3. The molecule has 0 radical (unpaired) electrons. The Morgan fingerprint density at radius 3 is 2.71 bits per heavy atom. The molecule has 0 aromatic heterocycles. The van der Waals surface area contributed by atoms with Gasteiger partial charge in [0, 0.05) is 11.8 Å². The number of rotatable bonds is 2. The highest BCUT2D eigenvalue weighted by Gasteiger charge is 2.12. The van der Waals surface area contributed by atoms with Gasteiger partial charge in [0.15, 0.2) is 0 Å². The molecule has 0 atom stereocenters. The van der Waals surface area contributed by atoms with Crippen molar-refractivity contribution in [3.05, 3.63) is 33.3 Å². The molecule has 1 aromatic rings. The first-order valence-electron chi connectivity index (χ1n) is 3.51. The third-order valence-corrected chi connectivity index (χ3v) is 1.73. The first-order chi connectivity index (χ1) is 6.50. The van der Waals surface area contributed by atoms with Gasteiger partial charge in [-0.15, -0.1) is 0 Å². The lowest BCUT2D eigenvalue weighted by Crippen LogP contribution is -2.19. The molecule has 2 amide bonds. The fourth-order valence-electron chi connectivity index (χ4n) is 0.873. The number of nitrogens with one attached hydrogen (secondary N) is 1. The first-order valence-corrected chi connectivity index (χ1v) is 3.89. The summed E-state index contributed by atoms with van der Waals surface area (Å²) >= 11 is 5.54. The fourth-order valence-corrected chi connectivity index (χ4v) is 1.06. The van der Waals surface area contributed by atoms with E-state index in [1.165, 1.54) is 12.1 Å². The number of carbonyl (C=O) groups is 1. The Labute approximate surface area is 83.8 Å². The normalized spacial score (nSPS) is 9.50. The van der Waals surface area contributed by atoms with Crippen molar-refractivity contribution in [2.45, 2.75) is 0 Å². The van der Waals surface area contributed by atoms with Crippen molar-refractivity contribution >= 4 is 29.0 Å². The second-order valence-electron chi connectivity index (χ2n) is 2.41. The van der Waals surface area contributed by atoms with Crippen LogP contribution in [0, 0.1) is 10.1 Å². The highest BCUT2D eigenvalue weighted by atomic mass is 35.5. The summed E-state index contributed by atoms with van der Waals surface area (Å²) in [5.74, 6) is 0. The van der Waals surface area contributed by atoms with Gasteiger partial charge >= 0.3 is 6.03 Å². The number of benzene rings is 1. The van der Waals surface area contributed by atoms with Crippen molar-refractivity contribution in [1.29, 1.82) is 0 Å². The molecule has 0 aliphatic heterocycles. The molecule has 14 heavy (non-hydrogen) atoms. The number of nitro benzene ring substituents is 1. The van der Waals surface area contributed by atoms with Crippen molar-refractivity contribution in [1.82, 2.24) is 0 Å². The summed E-state index contributed by atoms with van der Waals surface area (Å²) in [4.78, 5) is 20.2. The standard InChI is InChI=1S/C7H6ClN3O3/c8-5-2-1-4(10-7(9)12)3-6(5)11(13)14/h1-3H,(H3,9,10,12). The summed E-state index contributed by atoms with van der Waals surface area (Å²) in [5.41, 5.74) is 4.79. The van der Waals surface area contributed by atoms with Gasteiger partial charge in [-0.3, -0.25) is 10.1 Å². The molecular formula is C7H6ClN3O3. The van der Waals surface area contributed by atoms with Crippen LogP contribution in [-0.2, 0) is 0 Å². The van der Waals surface area contributed by atoms with Crippen LogP contribution in [0.5, 0.6) is 0 Å². The van der Waals surface area contributed by atoms with Crippen LogP contribution in [0.3, 0.4) is 0 Å². The number of nitro groups is 1. The zero-order chi connectivity index (χ0) is 10.7. The van der Waals surface area contributed by atoms with E-state index in [-0.39, 0.29) is 16.4 Å². The van der Waals surface area contributed by atoms with Crippen molar-refractivity contribution < 1.29 is 9.72 Å². The monoisotopic (exact) mass is 215 g/mol. The number of carbonyl (C=O) groups excluding carboxylic acids is 1. The van der Waals surface area contributed by atoms with Crippen LogP contribution in [0.2, 0.25) is 5.02 Å². The average molecular weight is 216 g/mol. The Kier molecular flexibility index (Phi) is 2.88. The van der Waals surface area contributed by atoms with Gasteiger partial charge in [0.25, 0.3) is 5.69 Å². The van der Waals surface area contributed by atoms with Gasteiger partial charge in [0.2, 0.25) is 0 Å². The second kappa shape index (κ2) is 3.93. The molecule has 3 N–H and O–H groups in total. The van der Waals surface area contributed by atoms with Gasteiger partial charge in [-0.25, -0.2) is 4.79 Å². The quantitative estimate of drug-likeness (QED) is 0.581. The van der Waals surface area contributed by atoms with Gasteiger partial charge in [0.05, 0.1) is 4.92 Å². The highest BCUT2D eigenvalue weighted by Crippen LogP contribution is 2.27. The number of urea groups is 1. The lowest BCUT2D eigenvalue weighted by Gasteiger charge is -2.01. The summed E-state index contributed by atoms with van der Waals surface area (Å²) in [6.07, 6.45) is 0. The third-order valence-electron chi connectivity index (χ3n) is 1.41. The Morgan fingerprint density at radius 2 is 2.21 bits per heavy atom. The summed E-state index contributed by atoms with van der Waals surface area (Å²) in [6.45, 7) is 0. The smallest absolute Gasteiger partial charge is 0.316 e. The minimum atomic E-state index is -0.790. The molecule has 74 valence electrons. The zero-order valence-corrected chi connectivity index (χ0v) is 7.62. The number of amides is 2. The largest absolute Gasteiger partial charge is 0.351 e. The maximum atomic E-state index is 10.4. The number of halogens is 1. The molecule has 7 heteroatoms. The van der Waals surface area contributed by atoms with Crippen LogP contribution in [0.1, 0.15) is 0 Å². The summed E-state index contributed by atoms with van der Waals surface area (Å²) in [7, 11) is 0. The van der Waals surface area contributed by atoms with Crippen LogP contribution in [0.15, 0.2) is 18.2 Å². The van der Waals surface area contributed by atoms with Crippen LogP contribution in [-0.4, -0.2) is 11.0 Å². The molecule has 0 aliphatic carbocycles. The Morgan fingerprint density at radius 1 is 1.57 bits per heavy atom. The third kappa shape index (κ3) is 2.33. The molecule has 0 bridgehead atoms. The van der Waals surface area contributed by atoms with Crippen molar-refractivity contribution in [3.8, 4) is 0 Å². The fraction of sp³-hybridized carbons (Fsp3) is 0. The van der Waals surface area contributed by atoms with E-state index in [1.807, 2.05) is 0 Å². The molecule has 1 aromatic carbocycles. The maximum absolute atomic E-state index is 10.4. The number of anilines is 1. The van der Waals surface area contributed by atoms with Gasteiger partial charge in [-0.2, -0.15) is 0 Å². The Bertz CT molecular complexity index is 394. The van der Waals surface area contributed by atoms with Crippen LogP contribution in [0.25, 0.3) is 0 Å². The summed E-state index contributed by atoms with van der Waals surface area (Å²) in [6, 6.07) is 3.07. The van der Waals surface area contributed by atoms with E-state index < -0.39 is 11.0 Å². The molecule has 0 spiro atoms. The number of nitrogens with two attached hydrogens (primary N) is 1. The zero-order valence-electron chi connectivity index (χ0n) is 6.86. The van der Waals surface area contributed by atoms with E-state index in [4.69, 9.17) is 17.3 Å². The molecule has 0 heterocycles. The first kappa shape index (κ1) is 10.3. The van der Waals surface area contributed by atoms with Crippen molar-refractivity contribution in [3.63, 3.8) is 0 Å². The number of hydrogen-bond acceptors (Lipinski definition) is 3. The Balaban J connectivity index is 3.06. The Hall–Kier alpha value is -1.82. The second-order valence-corrected chi connectivity index (χ2v) is 2.82. The molecule has 0 unspecified atom stereocenters. The summed E-state index contributed by atoms with van der Waals surface area (Å²) < 4.78 is 0. The maximum Gasteiger partial charge on any atom is 0.316 e. The number of nitrogens with zero attached hydrogens (tertiary/aromatic N) is 1. The van der Waals surface area contributed by atoms with E-state index in [2.05, 4.69) is 5.32 Å². The van der Waals surface area contributed by atoms with Crippen LogP contribution >= 0.6 is 11.6 Å². The van der Waals surface area contributed by atoms with Gasteiger partial charge in [0.1, 0.15) is 5.02 Å². The van der Waals surface area contributed by atoms with E-state index in [9.17, 15) is 14.9 Å². The minimum Gasteiger partial charge on any atom is -0.351 e. The molecular weight excluding hydrogens is 210 g/mol. The predicted molar refractivity (Wildman–Crippen MR) is 51.3 cm³/mol. The lowest BCUT2D eigenvalue weighted by molar-refractivity contribution is -0.384. The number of hydrogen-bond donors (Lipinski definition) is 2. The van der Waals surface area contributed by atoms with Crippen molar-refractivity contribution in [2.24, 2.45) is 5.73 Å². The topological polar surface area (TPSA) is 98.3 Å². The molecule has 0 saturated heterocycles. The molecule has 6 nitrogen and oxygen atoms in total. The molecule has 0 saturated carbocycles. The highest BCUT2D eigenvalue weighted by molar-refractivity contribution is 6.32. The molecule has 1 rings (SSSR count).